The number of likely N-dealkylation sites (tertiary alicyclic amines) is 1. The topological polar surface area (TPSA) is 3.24 Å². The van der Waals surface area contributed by atoms with Crippen LogP contribution >= 0.6 is 0 Å². The van der Waals surface area contributed by atoms with Crippen molar-refractivity contribution in [3.63, 3.8) is 0 Å². The fourth-order valence-corrected chi connectivity index (χ4v) is 1.81. The quantitative estimate of drug-likeness (QED) is 0.646. The van der Waals surface area contributed by atoms with Gasteiger partial charge in [0.2, 0.25) is 0 Å². The largest absolute Gasteiger partial charge is 0.375 e. The first kappa shape index (κ1) is 10.6. The van der Waals surface area contributed by atoms with Crippen LogP contribution in [0.25, 0.3) is 0 Å². The molecule has 1 fully saturated rings. The van der Waals surface area contributed by atoms with E-state index in [0.717, 1.165) is 12.3 Å². The third-order valence-corrected chi connectivity index (χ3v) is 2.72. The third kappa shape index (κ3) is 3.06. The van der Waals surface area contributed by atoms with Crippen molar-refractivity contribution in [2.45, 2.75) is 40.5 Å². The second kappa shape index (κ2) is 3.73. The van der Waals surface area contributed by atoms with Crippen LogP contribution in [0.5, 0.6) is 0 Å². The number of nitrogens with zero attached hydrogens (tertiary/aromatic N) is 1. The van der Waals surface area contributed by atoms with Crippen molar-refractivity contribution in [3.8, 4) is 0 Å². The zero-order valence-electron chi connectivity index (χ0n) is 9.56. The van der Waals surface area contributed by atoms with Gasteiger partial charge in [-0.1, -0.05) is 34.3 Å². The molecule has 1 heteroatoms. The molecule has 0 aromatic heterocycles. The lowest BCUT2D eigenvalue weighted by Gasteiger charge is -2.43. The summed E-state index contributed by atoms with van der Waals surface area (Å²) in [6, 6.07) is 0. The monoisotopic (exact) mass is 181 g/mol. The predicted molar refractivity (Wildman–Crippen MR) is 58.6 cm³/mol. The van der Waals surface area contributed by atoms with E-state index < -0.39 is 0 Å². The summed E-state index contributed by atoms with van der Waals surface area (Å²) in [6.07, 6.45) is 2.45. The number of hydrogen-bond acceptors (Lipinski definition) is 1. The van der Waals surface area contributed by atoms with Crippen LogP contribution in [0.2, 0.25) is 0 Å². The van der Waals surface area contributed by atoms with Gasteiger partial charge < -0.3 is 4.90 Å². The normalized spacial score (nSPS) is 18.6. The van der Waals surface area contributed by atoms with Crippen LogP contribution < -0.4 is 0 Å². The van der Waals surface area contributed by atoms with E-state index in [1.165, 1.54) is 25.2 Å². The zero-order chi connectivity index (χ0) is 10.1. The van der Waals surface area contributed by atoms with Crippen LogP contribution in [-0.2, 0) is 0 Å². The standard InChI is InChI=1S/C12H23N/c1-6-11-8-13(9-11)10(2)7-12(3,4)5/h11H,2,6-9H2,1,3-5H3. The van der Waals surface area contributed by atoms with Crippen molar-refractivity contribution >= 4 is 0 Å². The third-order valence-electron chi connectivity index (χ3n) is 2.72. The van der Waals surface area contributed by atoms with E-state index in [1.54, 1.807) is 0 Å². The molecule has 1 aliphatic heterocycles. The van der Waals surface area contributed by atoms with Gasteiger partial charge in [-0.15, -0.1) is 0 Å². The first-order valence-electron chi connectivity index (χ1n) is 5.35. The van der Waals surface area contributed by atoms with Gasteiger partial charge in [0.25, 0.3) is 0 Å². The Hall–Kier alpha value is -0.460. The minimum absolute atomic E-state index is 0.383. The average molecular weight is 181 g/mol. The highest BCUT2D eigenvalue weighted by molar-refractivity contribution is 5.02. The Bertz CT molecular complexity index is 182. The molecule has 76 valence electrons. The Kier molecular flexibility index (Phi) is 3.05. The second-order valence-corrected chi connectivity index (χ2v) is 5.48. The molecule has 0 radical (unpaired) electrons. The van der Waals surface area contributed by atoms with E-state index in [2.05, 4.69) is 39.2 Å². The van der Waals surface area contributed by atoms with Crippen LogP contribution in [0, 0.1) is 11.3 Å². The van der Waals surface area contributed by atoms with Crippen LogP contribution in [0.1, 0.15) is 40.5 Å². The van der Waals surface area contributed by atoms with Gasteiger partial charge in [-0.25, -0.2) is 0 Å². The van der Waals surface area contributed by atoms with E-state index in [9.17, 15) is 0 Å². The summed E-state index contributed by atoms with van der Waals surface area (Å²) in [6.45, 7) is 15.7. The van der Waals surface area contributed by atoms with Gasteiger partial charge in [-0.05, 0) is 24.2 Å². The minimum atomic E-state index is 0.383. The van der Waals surface area contributed by atoms with E-state index >= 15 is 0 Å². The molecule has 0 unspecified atom stereocenters. The summed E-state index contributed by atoms with van der Waals surface area (Å²) in [4.78, 5) is 2.43. The number of hydrogen-bond donors (Lipinski definition) is 0. The van der Waals surface area contributed by atoms with Crippen molar-refractivity contribution in [1.82, 2.24) is 4.90 Å². The maximum Gasteiger partial charge on any atom is 0.0220 e. The van der Waals surface area contributed by atoms with Crippen molar-refractivity contribution < 1.29 is 0 Å². The Morgan fingerprint density at radius 3 is 2.31 bits per heavy atom. The van der Waals surface area contributed by atoms with Gasteiger partial charge in [-0.3, -0.25) is 0 Å². The maximum absolute atomic E-state index is 4.16. The molecule has 0 aromatic rings. The van der Waals surface area contributed by atoms with Crippen molar-refractivity contribution in [2.24, 2.45) is 11.3 Å². The van der Waals surface area contributed by atoms with Gasteiger partial charge in [0.15, 0.2) is 0 Å². The van der Waals surface area contributed by atoms with Gasteiger partial charge >= 0.3 is 0 Å². The molecule has 1 nitrogen and oxygen atoms in total. The van der Waals surface area contributed by atoms with Crippen LogP contribution in [0.4, 0.5) is 0 Å². The minimum Gasteiger partial charge on any atom is -0.375 e. The van der Waals surface area contributed by atoms with Crippen molar-refractivity contribution in [3.05, 3.63) is 12.3 Å². The van der Waals surface area contributed by atoms with Crippen molar-refractivity contribution in [1.29, 1.82) is 0 Å². The Morgan fingerprint density at radius 2 is 1.92 bits per heavy atom. The summed E-state index contributed by atoms with van der Waals surface area (Å²) in [5.74, 6) is 0.928. The van der Waals surface area contributed by atoms with Crippen molar-refractivity contribution in [2.75, 3.05) is 13.1 Å². The molecule has 0 N–H and O–H groups in total. The van der Waals surface area contributed by atoms with E-state index in [4.69, 9.17) is 0 Å². The lowest BCUT2D eigenvalue weighted by atomic mass is 9.88. The molecule has 0 aromatic carbocycles. The van der Waals surface area contributed by atoms with Crippen LogP contribution in [-0.4, -0.2) is 18.0 Å². The Balaban J connectivity index is 2.27. The van der Waals surface area contributed by atoms with Gasteiger partial charge in [-0.2, -0.15) is 0 Å². The zero-order valence-corrected chi connectivity index (χ0v) is 9.56. The molecule has 1 saturated heterocycles. The lowest BCUT2D eigenvalue weighted by Crippen LogP contribution is -2.45. The molecule has 0 bridgehead atoms. The summed E-state index contributed by atoms with van der Waals surface area (Å²) in [5.41, 5.74) is 1.71. The number of rotatable bonds is 3. The van der Waals surface area contributed by atoms with Crippen LogP contribution in [0.15, 0.2) is 12.3 Å². The highest BCUT2D eigenvalue weighted by Crippen LogP contribution is 2.30. The van der Waals surface area contributed by atoms with Gasteiger partial charge in [0.1, 0.15) is 0 Å². The average Bonchev–Trinajstić information content (AvgIpc) is 1.79. The Labute approximate surface area is 82.8 Å². The fourth-order valence-electron chi connectivity index (χ4n) is 1.81. The summed E-state index contributed by atoms with van der Waals surface area (Å²) in [7, 11) is 0. The lowest BCUT2D eigenvalue weighted by molar-refractivity contribution is 0.126. The molecule has 13 heavy (non-hydrogen) atoms. The van der Waals surface area contributed by atoms with Crippen LogP contribution in [0.3, 0.4) is 0 Å². The molecular weight excluding hydrogens is 158 g/mol. The molecule has 0 spiro atoms. The second-order valence-electron chi connectivity index (χ2n) is 5.48. The summed E-state index contributed by atoms with van der Waals surface area (Å²) in [5, 5.41) is 0. The summed E-state index contributed by atoms with van der Waals surface area (Å²) < 4.78 is 0. The number of allylic oxidation sites excluding steroid dienone is 1. The molecule has 0 aliphatic carbocycles. The summed E-state index contributed by atoms with van der Waals surface area (Å²) >= 11 is 0. The van der Waals surface area contributed by atoms with Gasteiger partial charge in [0.05, 0.1) is 0 Å². The smallest absolute Gasteiger partial charge is 0.0220 e. The SMILES string of the molecule is C=C(CC(C)(C)C)N1CC(CC)C1. The Morgan fingerprint density at radius 1 is 1.38 bits per heavy atom. The molecule has 0 saturated carbocycles. The van der Waals surface area contributed by atoms with Gasteiger partial charge in [0, 0.05) is 18.8 Å². The molecule has 1 aliphatic rings. The molecule has 0 atom stereocenters. The fraction of sp³-hybridized carbons (Fsp3) is 0.833. The molecule has 1 heterocycles. The van der Waals surface area contributed by atoms with E-state index in [1.807, 2.05) is 0 Å². The molecule has 1 rings (SSSR count). The molecule has 0 amide bonds. The molecular formula is C12H23N. The highest BCUT2D eigenvalue weighted by atomic mass is 15.2. The van der Waals surface area contributed by atoms with E-state index in [-0.39, 0.29) is 0 Å². The first-order valence-corrected chi connectivity index (χ1v) is 5.35. The maximum atomic E-state index is 4.16. The van der Waals surface area contributed by atoms with E-state index in [0.29, 0.717) is 5.41 Å². The highest BCUT2D eigenvalue weighted by Gasteiger charge is 2.27. The predicted octanol–water partition coefficient (Wildman–Crippen LogP) is 3.28. The first-order chi connectivity index (χ1) is 5.92.